The molecule has 0 aromatic heterocycles. The van der Waals surface area contributed by atoms with Crippen molar-refractivity contribution in [3.63, 3.8) is 0 Å². The minimum Gasteiger partial charge on any atom is -0.355 e. The number of nitrogens with one attached hydrogen (secondary N) is 3. The van der Waals surface area contributed by atoms with Crippen LogP contribution >= 0.6 is 0 Å². The molecule has 0 unspecified atom stereocenters. The molecule has 7 nitrogen and oxygen atoms in total. The Morgan fingerprint density at radius 1 is 0.900 bits per heavy atom. The van der Waals surface area contributed by atoms with E-state index in [9.17, 15) is 14.0 Å². The third kappa shape index (κ3) is 7.54. The highest BCUT2D eigenvalue weighted by molar-refractivity contribution is 5.93. The van der Waals surface area contributed by atoms with Crippen LogP contribution in [0.5, 0.6) is 0 Å². The quantitative estimate of drug-likeness (QED) is 0.348. The van der Waals surface area contributed by atoms with Crippen molar-refractivity contribution < 1.29 is 14.0 Å². The fraction of sp³-hybridized carbons (Fsp3) is 0.318. The van der Waals surface area contributed by atoms with Gasteiger partial charge in [-0.15, -0.1) is 0 Å². The third-order valence-corrected chi connectivity index (χ3v) is 4.31. The van der Waals surface area contributed by atoms with Crippen LogP contribution in [0, 0.1) is 5.82 Å². The minimum absolute atomic E-state index is 0.0338. The molecule has 2 aromatic rings. The predicted molar refractivity (Wildman–Crippen MR) is 116 cm³/mol. The molecule has 0 heterocycles. The van der Waals surface area contributed by atoms with Crippen molar-refractivity contribution in [1.82, 2.24) is 20.9 Å². The van der Waals surface area contributed by atoms with Gasteiger partial charge in [-0.05, 0) is 35.4 Å². The Morgan fingerprint density at radius 3 is 2.10 bits per heavy atom. The summed E-state index contributed by atoms with van der Waals surface area (Å²) in [6.07, 6.45) is 0.208. The minimum atomic E-state index is -0.319. The van der Waals surface area contributed by atoms with Gasteiger partial charge in [0.15, 0.2) is 5.96 Å². The predicted octanol–water partition coefficient (Wildman–Crippen LogP) is 1.55. The molecule has 30 heavy (non-hydrogen) atoms. The zero-order valence-corrected chi connectivity index (χ0v) is 17.5. The van der Waals surface area contributed by atoms with Crippen molar-refractivity contribution >= 4 is 17.8 Å². The lowest BCUT2D eigenvalue weighted by Crippen LogP contribution is -2.41. The van der Waals surface area contributed by atoms with E-state index in [1.165, 1.54) is 17.0 Å². The number of halogens is 1. The molecular formula is C22H28FN5O2. The number of rotatable bonds is 8. The first-order valence-corrected chi connectivity index (χ1v) is 9.65. The first kappa shape index (κ1) is 22.9. The van der Waals surface area contributed by atoms with Gasteiger partial charge in [0.2, 0.25) is 5.91 Å². The van der Waals surface area contributed by atoms with Crippen LogP contribution in [0.3, 0.4) is 0 Å². The molecule has 2 aromatic carbocycles. The fourth-order valence-corrected chi connectivity index (χ4v) is 2.66. The average molecular weight is 413 g/mol. The summed E-state index contributed by atoms with van der Waals surface area (Å²) in [6.45, 7) is 1.49. The van der Waals surface area contributed by atoms with E-state index in [2.05, 4.69) is 20.9 Å². The topological polar surface area (TPSA) is 85.8 Å². The number of amides is 2. The van der Waals surface area contributed by atoms with Gasteiger partial charge in [0, 0.05) is 46.3 Å². The van der Waals surface area contributed by atoms with Crippen molar-refractivity contribution in [2.24, 2.45) is 4.99 Å². The van der Waals surface area contributed by atoms with E-state index in [0.29, 0.717) is 31.2 Å². The summed E-state index contributed by atoms with van der Waals surface area (Å²) in [5.74, 6) is 0.128. The first-order valence-electron chi connectivity index (χ1n) is 9.65. The Hall–Kier alpha value is -3.42. The lowest BCUT2D eigenvalue weighted by Gasteiger charge is -2.13. The maximum absolute atomic E-state index is 12.9. The van der Waals surface area contributed by atoms with Gasteiger partial charge in [0.05, 0.1) is 6.42 Å². The van der Waals surface area contributed by atoms with Gasteiger partial charge in [-0.1, -0.05) is 24.3 Å². The Kier molecular flexibility index (Phi) is 8.80. The van der Waals surface area contributed by atoms with Gasteiger partial charge in [0.25, 0.3) is 5.91 Å². The molecule has 0 fully saturated rings. The lowest BCUT2D eigenvalue weighted by atomic mass is 10.1. The summed E-state index contributed by atoms with van der Waals surface area (Å²) in [7, 11) is 5.11. The van der Waals surface area contributed by atoms with Crippen LogP contribution in [0.1, 0.15) is 21.5 Å². The largest absolute Gasteiger partial charge is 0.355 e. The van der Waals surface area contributed by atoms with E-state index in [1.807, 2.05) is 12.1 Å². The first-order chi connectivity index (χ1) is 14.4. The van der Waals surface area contributed by atoms with E-state index < -0.39 is 0 Å². The second-order valence-electron chi connectivity index (χ2n) is 6.90. The SMILES string of the molecule is CN=C(NCCNC(=O)Cc1ccc(F)cc1)NCc1ccc(C(=O)N(C)C)cc1. The van der Waals surface area contributed by atoms with E-state index in [-0.39, 0.29) is 24.1 Å². The Balaban J connectivity index is 1.69. The molecule has 2 amide bonds. The molecular weight excluding hydrogens is 385 g/mol. The maximum Gasteiger partial charge on any atom is 0.253 e. The molecule has 0 bridgehead atoms. The number of benzene rings is 2. The summed E-state index contributed by atoms with van der Waals surface area (Å²) >= 11 is 0. The highest BCUT2D eigenvalue weighted by Gasteiger charge is 2.07. The Labute approximate surface area is 176 Å². The van der Waals surface area contributed by atoms with E-state index in [1.54, 1.807) is 45.4 Å². The number of carbonyl (C=O) groups is 2. The van der Waals surface area contributed by atoms with Crippen molar-refractivity contribution in [2.75, 3.05) is 34.2 Å². The Morgan fingerprint density at radius 2 is 1.50 bits per heavy atom. The molecule has 2 rings (SSSR count). The van der Waals surface area contributed by atoms with Crippen LogP contribution in [0.2, 0.25) is 0 Å². The van der Waals surface area contributed by atoms with Crippen LogP contribution in [0.4, 0.5) is 4.39 Å². The molecule has 0 saturated carbocycles. The highest BCUT2D eigenvalue weighted by Crippen LogP contribution is 2.06. The molecule has 0 radical (unpaired) electrons. The van der Waals surface area contributed by atoms with Crippen LogP contribution < -0.4 is 16.0 Å². The molecule has 160 valence electrons. The number of hydrogen-bond donors (Lipinski definition) is 3. The molecule has 0 aliphatic carbocycles. The number of nitrogens with zero attached hydrogens (tertiary/aromatic N) is 2. The van der Waals surface area contributed by atoms with Gasteiger partial charge in [0.1, 0.15) is 5.82 Å². The van der Waals surface area contributed by atoms with Crippen molar-refractivity contribution in [2.45, 2.75) is 13.0 Å². The zero-order valence-electron chi connectivity index (χ0n) is 17.5. The van der Waals surface area contributed by atoms with Crippen LogP contribution in [0.15, 0.2) is 53.5 Å². The fourth-order valence-electron chi connectivity index (χ4n) is 2.66. The molecule has 0 atom stereocenters. The zero-order chi connectivity index (χ0) is 21.9. The smallest absolute Gasteiger partial charge is 0.253 e. The summed E-state index contributed by atoms with van der Waals surface area (Å²) in [5, 5.41) is 9.12. The lowest BCUT2D eigenvalue weighted by molar-refractivity contribution is -0.120. The molecule has 3 N–H and O–H groups in total. The number of guanidine groups is 1. The standard InChI is InChI=1S/C22H28FN5O2/c1-24-22(27-15-17-4-8-18(9-5-17)21(30)28(2)3)26-13-12-25-20(29)14-16-6-10-19(23)11-7-16/h4-11H,12-15H2,1-3H3,(H,25,29)(H2,24,26,27). The van der Waals surface area contributed by atoms with Crippen molar-refractivity contribution in [1.29, 1.82) is 0 Å². The summed E-state index contributed by atoms with van der Waals surface area (Å²) in [5.41, 5.74) is 2.42. The number of hydrogen-bond acceptors (Lipinski definition) is 3. The third-order valence-electron chi connectivity index (χ3n) is 4.31. The summed E-state index contributed by atoms with van der Waals surface area (Å²) in [4.78, 5) is 29.5. The Bertz CT molecular complexity index is 864. The summed E-state index contributed by atoms with van der Waals surface area (Å²) < 4.78 is 12.9. The molecule has 0 aliphatic heterocycles. The number of aliphatic imine (C=N–C) groups is 1. The molecule has 0 aliphatic rings. The second-order valence-corrected chi connectivity index (χ2v) is 6.90. The van der Waals surface area contributed by atoms with E-state index in [4.69, 9.17) is 0 Å². The molecule has 0 spiro atoms. The maximum atomic E-state index is 12.9. The van der Waals surface area contributed by atoms with Gasteiger partial charge in [-0.2, -0.15) is 0 Å². The highest BCUT2D eigenvalue weighted by atomic mass is 19.1. The average Bonchev–Trinajstić information content (AvgIpc) is 2.74. The van der Waals surface area contributed by atoms with Gasteiger partial charge in [-0.3, -0.25) is 14.6 Å². The van der Waals surface area contributed by atoms with E-state index in [0.717, 1.165) is 11.1 Å². The summed E-state index contributed by atoms with van der Waals surface area (Å²) in [6, 6.07) is 13.3. The van der Waals surface area contributed by atoms with Gasteiger partial charge in [-0.25, -0.2) is 4.39 Å². The van der Waals surface area contributed by atoms with Crippen LogP contribution in [-0.2, 0) is 17.8 Å². The van der Waals surface area contributed by atoms with Gasteiger partial charge < -0.3 is 20.9 Å². The normalized spacial score (nSPS) is 11.0. The molecule has 0 saturated heterocycles. The monoisotopic (exact) mass is 413 g/mol. The second kappa shape index (κ2) is 11.5. The van der Waals surface area contributed by atoms with Crippen LogP contribution in [0.25, 0.3) is 0 Å². The number of carbonyl (C=O) groups excluding carboxylic acids is 2. The van der Waals surface area contributed by atoms with Crippen molar-refractivity contribution in [3.05, 3.63) is 71.0 Å². The van der Waals surface area contributed by atoms with E-state index >= 15 is 0 Å². The van der Waals surface area contributed by atoms with Gasteiger partial charge >= 0.3 is 0 Å². The van der Waals surface area contributed by atoms with Crippen LogP contribution in [-0.4, -0.2) is 56.9 Å². The van der Waals surface area contributed by atoms with Crippen molar-refractivity contribution in [3.8, 4) is 0 Å². The molecule has 8 heteroatoms.